The second kappa shape index (κ2) is 6.60. The maximum absolute atomic E-state index is 9.87. The third-order valence-corrected chi connectivity index (χ3v) is 6.00. The van der Waals surface area contributed by atoms with E-state index in [9.17, 15) is 5.11 Å². The van der Waals surface area contributed by atoms with Crippen molar-refractivity contribution in [3.63, 3.8) is 0 Å². The molecule has 2 aromatic rings. The van der Waals surface area contributed by atoms with Crippen LogP contribution >= 0.6 is 24.0 Å². The van der Waals surface area contributed by atoms with Crippen LogP contribution in [0.3, 0.4) is 0 Å². The van der Waals surface area contributed by atoms with Gasteiger partial charge in [0.15, 0.2) is 0 Å². The van der Waals surface area contributed by atoms with Crippen LogP contribution in [-0.2, 0) is 6.42 Å². The van der Waals surface area contributed by atoms with E-state index in [0.29, 0.717) is 0 Å². The molecule has 3 nitrogen and oxygen atoms in total. The number of H-pyrrole nitrogens is 1. The summed E-state index contributed by atoms with van der Waals surface area (Å²) in [5, 5.41) is 11.1. The van der Waals surface area contributed by atoms with E-state index in [1.165, 1.54) is 22.2 Å². The fourth-order valence-electron chi connectivity index (χ4n) is 3.31. The SMILES string of the molecule is CCCSC(=S)N1[C@H](CO)Cc2c([nH]c3ccccc23)[C@@H]1C. The van der Waals surface area contributed by atoms with E-state index in [4.69, 9.17) is 12.2 Å². The van der Waals surface area contributed by atoms with Gasteiger partial charge in [0, 0.05) is 16.6 Å². The molecule has 0 radical (unpaired) electrons. The molecule has 0 fully saturated rings. The number of thiocarbonyl (C=S) groups is 1. The van der Waals surface area contributed by atoms with E-state index in [2.05, 4.69) is 48.0 Å². The summed E-state index contributed by atoms with van der Waals surface area (Å²) >= 11 is 7.35. The first-order valence-electron chi connectivity index (χ1n) is 7.82. The molecule has 118 valence electrons. The number of benzene rings is 1. The number of nitrogens with zero attached hydrogens (tertiary/aromatic N) is 1. The van der Waals surface area contributed by atoms with Gasteiger partial charge in [-0.3, -0.25) is 0 Å². The van der Waals surface area contributed by atoms with Crippen LogP contribution in [0.1, 0.15) is 37.6 Å². The van der Waals surface area contributed by atoms with Gasteiger partial charge in [0.05, 0.1) is 18.7 Å². The largest absolute Gasteiger partial charge is 0.394 e. The highest BCUT2D eigenvalue weighted by atomic mass is 32.2. The summed E-state index contributed by atoms with van der Waals surface area (Å²) in [7, 11) is 0. The molecule has 1 aromatic carbocycles. The minimum atomic E-state index is 0.0681. The number of aliphatic hydroxyl groups is 1. The molecule has 0 amide bonds. The highest BCUT2D eigenvalue weighted by molar-refractivity contribution is 8.22. The van der Waals surface area contributed by atoms with Gasteiger partial charge in [-0.2, -0.15) is 0 Å². The van der Waals surface area contributed by atoms with E-state index in [0.717, 1.165) is 22.9 Å². The Morgan fingerprint density at radius 1 is 1.45 bits per heavy atom. The minimum absolute atomic E-state index is 0.0681. The first-order valence-corrected chi connectivity index (χ1v) is 9.22. The number of nitrogens with one attached hydrogen (secondary N) is 1. The zero-order chi connectivity index (χ0) is 15.7. The van der Waals surface area contributed by atoms with Gasteiger partial charge in [-0.1, -0.05) is 49.1 Å². The average molecular weight is 335 g/mol. The average Bonchev–Trinajstić information content (AvgIpc) is 2.91. The van der Waals surface area contributed by atoms with Crippen LogP contribution < -0.4 is 0 Å². The zero-order valence-corrected chi connectivity index (χ0v) is 14.6. The van der Waals surface area contributed by atoms with Crippen LogP contribution in [0.15, 0.2) is 24.3 Å². The van der Waals surface area contributed by atoms with Crippen molar-refractivity contribution in [2.24, 2.45) is 0 Å². The maximum Gasteiger partial charge on any atom is 0.137 e. The Labute approximate surface area is 141 Å². The predicted octanol–water partition coefficient (Wildman–Crippen LogP) is 3.88. The summed E-state index contributed by atoms with van der Waals surface area (Å²) in [5.74, 6) is 1.03. The number of hydrogen-bond acceptors (Lipinski definition) is 3. The second-order valence-electron chi connectivity index (χ2n) is 5.80. The smallest absolute Gasteiger partial charge is 0.137 e. The molecule has 2 heterocycles. The number of aliphatic hydroxyl groups excluding tert-OH is 1. The first kappa shape index (κ1) is 15.8. The third kappa shape index (κ3) is 2.66. The Kier molecular flexibility index (Phi) is 4.76. The van der Waals surface area contributed by atoms with Crippen molar-refractivity contribution in [2.75, 3.05) is 12.4 Å². The molecule has 3 rings (SSSR count). The van der Waals surface area contributed by atoms with Crippen molar-refractivity contribution in [1.82, 2.24) is 9.88 Å². The number of thioether (sulfide) groups is 1. The van der Waals surface area contributed by atoms with E-state index in [1.807, 2.05) is 0 Å². The van der Waals surface area contributed by atoms with Crippen molar-refractivity contribution < 1.29 is 5.11 Å². The highest BCUT2D eigenvalue weighted by Gasteiger charge is 2.35. The molecule has 0 saturated heterocycles. The van der Waals surface area contributed by atoms with Gasteiger partial charge in [0.25, 0.3) is 0 Å². The summed E-state index contributed by atoms with van der Waals surface area (Å²) in [5.41, 5.74) is 3.75. The van der Waals surface area contributed by atoms with E-state index < -0.39 is 0 Å². The number of rotatable bonds is 3. The minimum Gasteiger partial charge on any atom is -0.394 e. The Hall–Kier alpha value is -1.04. The highest BCUT2D eigenvalue weighted by Crippen LogP contribution is 2.38. The standard InChI is InChI=1S/C17H22N2OS2/c1-3-8-22-17(21)19-11(2)16-14(9-12(19)10-20)13-6-4-5-7-15(13)18-16/h4-7,11-12,18,20H,3,8-10H2,1-2H3/t11-,12-/m0/s1. The van der Waals surface area contributed by atoms with Crippen LogP contribution in [0.5, 0.6) is 0 Å². The number of para-hydroxylation sites is 1. The first-order chi connectivity index (χ1) is 10.7. The maximum atomic E-state index is 9.87. The molecule has 2 atom stereocenters. The van der Waals surface area contributed by atoms with Crippen LogP contribution in [0, 0.1) is 0 Å². The molecule has 1 aromatic heterocycles. The topological polar surface area (TPSA) is 39.3 Å². The normalized spacial score (nSPS) is 21.1. The van der Waals surface area contributed by atoms with Crippen molar-refractivity contribution in [3.8, 4) is 0 Å². The molecule has 0 spiro atoms. The van der Waals surface area contributed by atoms with Crippen LogP contribution in [0.2, 0.25) is 0 Å². The summed E-state index contributed by atoms with van der Waals surface area (Å²) < 4.78 is 0.901. The van der Waals surface area contributed by atoms with E-state index in [-0.39, 0.29) is 18.7 Å². The summed E-state index contributed by atoms with van der Waals surface area (Å²) in [6, 6.07) is 8.64. The predicted molar refractivity (Wildman–Crippen MR) is 98.5 cm³/mol. The van der Waals surface area contributed by atoms with Gasteiger partial charge in [0.1, 0.15) is 4.32 Å². The Bertz CT molecular complexity index is 682. The molecule has 0 unspecified atom stereocenters. The van der Waals surface area contributed by atoms with Crippen molar-refractivity contribution in [3.05, 3.63) is 35.5 Å². The van der Waals surface area contributed by atoms with E-state index in [1.54, 1.807) is 11.8 Å². The Morgan fingerprint density at radius 3 is 2.95 bits per heavy atom. The second-order valence-corrected chi connectivity index (χ2v) is 7.53. The molecular formula is C17H22N2OS2. The quantitative estimate of drug-likeness (QED) is 0.836. The van der Waals surface area contributed by atoms with Gasteiger partial charge in [0.2, 0.25) is 0 Å². The zero-order valence-electron chi connectivity index (χ0n) is 13.0. The molecule has 22 heavy (non-hydrogen) atoms. The number of aromatic nitrogens is 1. The summed E-state index contributed by atoms with van der Waals surface area (Å²) in [4.78, 5) is 5.77. The molecule has 0 bridgehead atoms. The summed E-state index contributed by atoms with van der Waals surface area (Å²) in [6.07, 6.45) is 1.95. The monoisotopic (exact) mass is 334 g/mol. The van der Waals surface area contributed by atoms with Crippen LogP contribution in [-0.4, -0.2) is 37.7 Å². The number of hydrogen-bond donors (Lipinski definition) is 2. The van der Waals surface area contributed by atoms with Gasteiger partial charge >= 0.3 is 0 Å². The Balaban J connectivity index is 1.99. The fraction of sp³-hybridized carbons (Fsp3) is 0.471. The van der Waals surface area contributed by atoms with Crippen LogP contribution in [0.25, 0.3) is 10.9 Å². The molecule has 0 aliphatic carbocycles. The molecular weight excluding hydrogens is 312 g/mol. The molecule has 5 heteroatoms. The lowest BCUT2D eigenvalue weighted by molar-refractivity contribution is 0.146. The molecule has 1 aliphatic rings. The third-order valence-electron chi connectivity index (χ3n) is 4.37. The lowest BCUT2D eigenvalue weighted by atomic mass is 9.93. The van der Waals surface area contributed by atoms with Crippen molar-refractivity contribution >= 4 is 39.2 Å². The van der Waals surface area contributed by atoms with Gasteiger partial charge in [-0.05, 0) is 37.1 Å². The van der Waals surface area contributed by atoms with Gasteiger partial charge < -0.3 is 15.0 Å². The van der Waals surface area contributed by atoms with Gasteiger partial charge in [-0.25, -0.2) is 0 Å². The Morgan fingerprint density at radius 2 is 2.23 bits per heavy atom. The molecule has 1 aliphatic heterocycles. The van der Waals surface area contributed by atoms with Crippen LogP contribution in [0.4, 0.5) is 0 Å². The lowest BCUT2D eigenvalue weighted by Gasteiger charge is -2.41. The molecule has 0 saturated carbocycles. The lowest BCUT2D eigenvalue weighted by Crippen LogP contribution is -2.46. The number of aromatic amines is 1. The van der Waals surface area contributed by atoms with Crippen molar-refractivity contribution in [1.29, 1.82) is 0 Å². The van der Waals surface area contributed by atoms with Crippen molar-refractivity contribution in [2.45, 2.75) is 38.8 Å². The molecule has 2 N–H and O–H groups in total. The fourth-order valence-corrected chi connectivity index (χ4v) is 4.70. The van der Waals surface area contributed by atoms with E-state index >= 15 is 0 Å². The number of fused-ring (bicyclic) bond motifs is 3. The summed E-state index contributed by atoms with van der Waals surface area (Å²) in [6.45, 7) is 4.47. The van der Waals surface area contributed by atoms with Gasteiger partial charge in [-0.15, -0.1) is 0 Å².